The molecule has 3 rings (SSSR count). The number of carbonyl (C=O) groups excluding carboxylic acids is 1. The minimum Gasteiger partial charge on any atom is -0.497 e. The molecule has 0 aliphatic carbocycles. The van der Waals surface area contributed by atoms with Crippen molar-refractivity contribution >= 4 is 16.8 Å². The number of carbonyl (C=O) groups is 1. The van der Waals surface area contributed by atoms with E-state index in [4.69, 9.17) is 4.74 Å². The van der Waals surface area contributed by atoms with Gasteiger partial charge < -0.3 is 15.0 Å². The number of methoxy groups -OCH3 is 1. The number of aromatic nitrogens is 1. The van der Waals surface area contributed by atoms with Crippen molar-refractivity contribution in [1.82, 2.24) is 15.2 Å². The number of benzene rings is 2. The van der Waals surface area contributed by atoms with Crippen LogP contribution in [0.5, 0.6) is 5.75 Å². The molecule has 5 nitrogen and oxygen atoms in total. The van der Waals surface area contributed by atoms with E-state index in [1.54, 1.807) is 7.11 Å². The van der Waals surface area contributed by atoms with Gasteiger partial charge in [-0.05, 0) is 42.8 Å². The zero-order valence-electron chi connectivity index (χ0n) is 18.1. The second-order valence-electron chi connectivity index (χ2n) is 7.68. The molecule has 1 amide bonds. The van der Waals surface area contributed by atoms with Gasteiger partial charge in [-0.15, -0.1) is 0 Å². The molecule has 1 aromatic heterocycles. The van der Waals surface area contributed by atoms with Crippen molar-refractivity contribution in [2.45, 2.75) is 19.8 Å². The van der Waals surface area contributed by atoms with Crippen LogP contribution in [0.2, 0.25) is 0 Å². The fraction of sp³-hybridized carbons (Fsp3) is 0.320. The van der Waals surface area contributed by atoms with E-state index in [1.165, 1.54) is 10.9 Å². The first-order valence-electron chi connectivity index (χ1n) is 10.3. The van der Waals surface area contributed by atoms with E-state index in [-0.39, 0.29) is 11.8 Å². The lowest BCUT2D eigenvalue weighted by atomic mass is 9.90. The monoisotopic (exact) mass is 405 g/mol. The van der Waals surface area contributed by atoms with E-state index >= 15 is 0 Å². The molecule has 30 heavy (non-hydrogen) atoms. The second-order valence-corrected chi connectivity index (χ2v) is 7.68. The van der Waals surface area contributed by atoms with Crippen LogP contribution >= 0.6 is 0 Å². The summed E-state index contributed by atoms with van der Waals surface area (Å²) < 4.78 is 5.31. The van der Waals surface area contributed by atoms with Gasteiger partial charge in [-0.25, -0.2) is 0 Å². The topological polar surface area (TPSA) is 57.4 Å². The Morgan fingerprint density at radius 1 is 1.17 bits per heavy atom. The van der Waals surface area contributed by atoms with Crippen LogP contribution in [-0.4, -0.2) is 49.1 Å². The average Bonchev–Trinajstić information content (AvgIpc) is 3.17. The van der Waals surface area contributed by atoms with Crippen molar-refractivity contribution in [3.05, 3.63) is 78.0 Å². The van der Waals surface area contributed by atoms with Crippen molar-refractivity contribution in [3.8, 4) is 5.75 Å². The van der Waals surface area contributed by atoms with Crippen molar-refractivity contribution in [2.75, 3.05) is 33.3 Å². The van der Waals surface area contributed by atoms with Gasteiger partial charge in [0.1, 0.15) is 5.75 Å². The van der Waals surface area contributed by atoms with Crippen molar-refractivity contribution < 1.29 is 9.53 Å². The molecule has 1 atom stereocenters. The van der Waals surface area contributed by atoms with Crippen LogP contribution in [0.3, 0.4) is 0 Å². The number of hydrogen-bond donors (Lipinski definition) is 2. The third-order valence-electron chi connectivity index (χ3n) is 5.33. The van der Waals surface area contributed by atoms with Gasteiger partial charge in [0.2, 0.25) is 5.91 Å². The number of rotatable bonds is 10. The van der Waals surface area contributed by atoms with E-state index < -0.39 is 0 Å². The molecule has 0 aliphatic heterocycles. The molecule has 2 N–H and O–H groups in total. The summed E-state index contributed by atoms with van der Waals surface area (Å²) in [5, 5.41) is 4.32. The first-order valence-corrected chi connectivity index (χ1v) is 10.3. The Balaban J connectivity index is 1.81. The number of H-pyrrole nitrogens is 1. The molecular weight excluding hydrogens is 374 g/mol. The summed E-state index contributed by atoms with van der Waals surface area (Å²) in [7, 11) is 1.66. The van der Waals surface area contributed by atoms with Crippen LogP contribution in [0.1, 0.15) is 30.9 Å². The molecule has 158 valence electrons. The molecule has 0 spiro atoms. The van der Waals surface area contributed by atoms with Gasteiger partial charge in [0, 0.05) is 36.1 Å². The number of amides is 1. The number of fused-ring (bicyclic) bond motifs is 1. The highest BCUT2D eigenvalue weighted by atomic mass is 16.5. The Morgan fingerprint density at radius 3 is 2.57 bits per heavy atom. The van der Waals surface area contributed by atoms with Crippen LogP contribution in [0.4, 0.5) is 0 Å². The SMILES string of the molecule is C=C(C)CN(CC)CC(=O)NCC(c1ccc(OC)cc1)c1c[nH]c2ccccc12. The second kappa shape index (κ2) is 10.1. The average molecular weight is 406 g/mol. The molecule has 0 fully saturated rings. The normalized spacial score (nSPS) is 12.1. The molecule has 2 aromatic carbocycles. The van der Waals surface area contributed by atoms with Crippen LogP contribution in [-0.2, 0) is 4.79 Å². The van der Waals surface area contributed by atoms with Gasteiger partial charge in [0.15, 0.2) is 0 Å². The number of nitrogens with zero attached hydrogens (tertiary/aromatic N) is 1. The summed E-state index contributed by atoms with van der Waals surface area (Å²) in [6, 6.07) is 16.3. The smallest absolute Gasteiger partial charge is 0.234 e. The summed E-state index contributed by atoms with van der Waals surface area (Å²) in [4.78, 5) is 18.1. The molecule has 0 saturated carbocycles. The van der Waals surface area contributed by atoms with E-state index in [1.807, 2.05) is 37.4 Å². The highest BCUT2D eigenvalue weighted by Gasteiger charge is 2.20. The van der Waals surface area contributed by atoms with Gasteiger partial charge in [0.05, 0.1) is 13.7 Å². The number of hydrogen-bond acceptors (Lipinski definition) is 3. The quantitative estimate of drug-likeness (QED) is 0.494. The fourth-order valence-corrected chi connectivity index (χ4v) is 3.76. The molecule has 5 heteroatoms. The third kappa shape index (κ3) is 5.30. The maximum atomic E-state index is 12.7. The van der Waals surface area contributed by atoms with Gasteiger partial charge >= 0.3 is 0 Å². The van der Waals surface area contributed by atoms with E-state index in [0.717, 1.165) is 35.5 Å². The number of aromatic amines is 1. The minimum atomic E-state index is 0.0245. The number of ether oxygens (including phenoxy) is 1. The Labute approximate surface area is 178 Å². The summed E-state index contributed by atoms with van der Waals surface area (Å²) in [5.41, 5.74) is 4.45. The van der Waals surface area contributed by atoms with Crippen LogP contribution in [0.25, 0.3) is 10.9 Å². The lowest BCUT2D eigenvalue weighted by molar-refractivity contribution is -0.122. The van der Waals surface area contributed by atoms with Gasteiger partial charge in [-0.1, -0.05) is 49.4 Å². The van der Waals surface area contributed by atoms with Crippen molar-refractivity contribution in [2.24, 2.45) is 0 Å². The lowest BCUT2D eigenvalue weighted by Gasteiger charge is -2.22. The molecular formula is C25H31N3O2. The van der Waals surface area contributed by atoms with Gasteiger partial charge in [-0.3, -0.25) is 9.69 Å². The van der Waals surface area contributed by atoms with Gasteiger partial charge in [-0.2, -0.15) is 0 Å². The first-order chi connectivity index (χ1) is 14.5. The standard InChI is InChI=1S/C25H31N3O2/c1-5-28(16-18(2)3)17-25(29)27-14-22(19-10-12-20(30-4)13-11-19)23-15-26-24-9-7-6-8-21(23)24/h6-13,15,22,26H,2,5,14,16-17H2,1,3-4H3,(H,27,29). The Bertz CT molecular complexity index is 991. The van der Waals surface area contributed by atoms with Crippen LogP contribution in [0, 0.1) is 0 Å². The van der Waals surface area contributed by atoms with Crippen LogP contribution < -0.4 is 10.1 Å². The van der Waals surface area contributed by atoms with E-state index in [9.17, 15) is 4.79 Å². The van der Waals surface area contributed by atoms with Crippen molar-refractivity contribution in [3.63, 3.8) is 0 Å². The molecule has 0 saturated heterocycles. The predicted octanol–water partition coefficient (Wildman–Crippen LogP) is 4.32. The summed E-state index contributed by atoms with van der Waals surface area (Å²) in [6.07, 6.45) is 2.05. The molecule has 0 aliphatic rings. The minimum absolute atomic E-state index is 0.0245. The van der Waals surface area contributed by atoms with Crippen LogP contribution in [0.15, 0.2) is 66.9 Å². The molecule has 0 bridgehead atoms. The predicted molar refractivity (Wildman–Crippen MR) is 123 cm³/mol. The number of nitrogens with one attached hydrogen (secondary N) is 2. The Morgan fingerprint density at radius 2 is 1.90 bits per heavy atom. The fourth-order valence-electron chi connectivity index (χ4n) is 3.76. The highest BCUT2D eigenvalue weighted by molar-refractivity contribution is 5.84. The molecule has 0 radical (unpaired) electrons. The highest BCUT2D eigenvalue weighted by Crippen LogP contribution is 2.31. The summed E-state index contributed by atoms with van der Waals surface area (Å²) >= 11 is 0. The lowest BCUT2D eigenvalue weighted by Crippen LogP contribution is -2.39. The zero-order chi connectivity index (χ0) is 21.5. The third-order valence-corrected chi connectivity index (χ3v) is 5.33. The zero-order valence-corrected chi connectivity index (χ0v) is 18.1. The Kier molecular flexibility index (Phi) is 7.31. The van der Waals surface area contributed by atoms with E-state index in [2.05, 4.69) is 53.0 Å². The van der Waals surface area contributed by atoms with Gasteiger partial charge in [0.25, 0.3) is 0 Å². The molecule has 1 heterocycles. The number of likely N-dealkylation sites (N-methyl/N-ethyl adjacent to an activating group) is 1. The summed E-state index contributed by atoms with van der Waals surface area (Å²) in [5.74, 6) is 0.877. The van der Waals surface area contributed by atoms with Crippen molar-refractivity contribution in [1.29, 1.82) is 0 Å². The number of para-hydroxylation sites is 1. The van der Waals surface area contributed by atoms with E-state index in [0.29, 0.717) is 13.1 Å². The maximum absolute atomic E-state index is 12.7. The molecule has 3 aromatic rings. The largest absolute Gasteiger partial charge is 0.497 e. The maximum Gasteiger partial charge on any atom is 0.234 e. The molecule has 1 unspecified atom stereocenters. The first kappa shape index (κ1) is 21.7. The summed E-state index contributed by atoms with van der Waals surface area (Å²) in [6.45, 7) is 10.4. The Hall–Kier alpha value is -3.05.